The van der Waals surface area contributed by atoms with E-state index in [-0.39, 0.29) is 12.1 Å². The lowest BCUT2D eigenvalue weighted by molar-refractivity contribution is 0.174. The van der Waals surface area contributed by atoms with Crippen molar-refractivity contribution >= 4 is 6.03 Å². The molecule has 4 nitrogen and oxygen atoms in total. The van der Waals surface area contributed by atoms with E-state index in [0.717, 1.165) is 12.0 Å². The Morgan fingerprint density at radius 1 is 1.39 bits per heavy atom. The first-order valence-electron chi connectivity index (χ1n) is 6.20. The van der Waals surface area contributed by atoms with Gasteiger partial charge in [0.05, 0.1) is 6.04 Å². The van der Waals surface area contributed by atoms with Crippen LogP contribution in [0.25, 0.3) is 0 Å². The number of hydrogen-bond acceptors (Lipinski definition) is 2. The molecule has 0 saturated heterocycles. The number of carbonyl (C=O) groups excluding carboxylic acids is 1. The fourth-order valence-corrected chi connectivity index (χ4v) is 1.67. The van der Waals surface area contributed by atoms with Gasteiger partial charge in [-0.05, 0) is 18.9 Å². The molecule has 0 spiro atoms. The molecular formula is C14H22N2O2. The van der Waals surface area contributed by atoms with Crippen LogP contribution >= 0.6 is 0 Å². The summed E-state index contributed by atoms with van der Waals surface area (Å²) in [5.74, 6) is 0. The summed E-state index contributed by atoms with van der Waals surface area (Å²) in [5, 5.41) is 2.97. The van der Waals surface area contributed by atoms with Gasteiger partial charge < -0.3 is 15.0 Å². The third kappa shape index (κ3) is 4.75. The van der Waals surface area contributed by atoms with E-state index in [1.54, 1.807) is 19.1 Å². The van der Waals surface area contributed by atoms with Crippen molar-refractivity contribution in [1.82, 2.24) is 10.2 Å². The van der Waals surface area contributed by atoms with Gasteiger partial charge >= 0.3 is 6.03 Å². The van der Waals surface area contributed by atoms with Crippen LogP contribution in [-0.4, -0.2) is 38.2 Å². The van der Waals surface area contributed by atoms with E-state index in [4.69, 9.17) is 4.74 Å². The number of amides is 2. The smallest absolute Gasteiger partial charge is 0.317 e. The highest BCUT2D eigenvalue weighted by molar-refractivity contribution is 5.74. The van der Waals surface area contributed by atoms with Crippen molar-refractivity contribution < 1.29 is 9.53 Å². The number of nitrogens with zero attached hydrogens (tertiary/aromatic N) is 1. The molecule has 100 valence electrons. The summed E-state index contributed by atoms with van der Waals surface area (Å²) >= 11 is 0. The summed E-state index contributed by atoms with van der Waals surface area (Å²) < 4.78 is 4.96. The maximum atomic E-state index is 11.9. The van der Waals surface area contributed by atoms with Crippen molar-refractivity contribution in [2.75, 3.05) is 27.3 Å². The Kier molecular flexibility index (Phi) is 6.22. The van der Waals surface area contributed by atoms with Crippen molar-refractivity contribution in [1.29, 1.82) is 0 Å². The van der Waals surface area contributed by atoms with E-state index < -0.39 is 0 Å². The van der Waals surface area contributed by atoms with Gasteiger partial charge in [-0.1, -0.05) is 30.3 Å². The second kappa shape index (κ2) is 7.71. The van der Waals surface area contributed by atoms with Crippen LogP contribution in [-0.2, 0) is 4.74 Å². The fraction of sp³-hybridized carbons (Fsp3) is 0.500. The summed E-state index contributed by atoms with van der Waals surface area (Å²) in [6.45, 7) is 3.35. The lowest BCUT2D eigenvalue weighted by Crippen LogP contribution is -2.39. The topological polar surface area (TPSA) is 41.6 Å². The first kappa shape index (κ1) is 14.5. The molecule has 0 saturated carbocycles. The molecule has 18 heavy (non-hydrogen) atoms. The molecular weight excluding hydrogens is 228 g/mol. The predicted octanol–water partition coefficient (Wildman–Crippen LogP) is 2.43. The van der Waals surface area contributed by atoms with Crippen LogP contribution in [0.2, 0.25) is 0 Å². The number of hydrogen-bond donors (Lipinski definition) is 1. The Balaban J connectivity index is 2.39. The first-order chi connectivity index (χ1) is 8.65. The van der Waals surface area contributed by atoms with E-state index in [0.29, 0.717) is 13.2 Å². The molecule has 1 atom stereocenters. The Morgan fingerprint density at radius 3 is 2.67 bits per heavy atom. The molecule has 1 rings (SSSR count). The highest BCUT2D eigenvalue weighted by Crippen LogP contribution is 2.11. The Hall–Kier alpha value is -1.55. The number of ether oxygens (including phenoxy) is 1. The van der Waals surface area contributed by atoms with E-state index in [2.05, 4.69) is 5.32 Å². The third-order valence-corrected chi connectivity index (χ3v) is 2.83. The number of urea groups is 1. The lowest BCUT2D eigenvalue weighted by Gasteiger charge is -2.21. The van der Waals surface area contributed by atoms with Gasteiger partial charge in [0, 0.05) is 27.3 Å². The van der Waals surface area contributed by atoms with Crippen molar-refractivity contribution in [3.63, 3.8) is 0 Å². The minimum absolute atomic E-state index is 0.0172. The lowest BCUT2D eigenvalue weighted by atomic mass is 10.1. The summed E-state index contributed by atoms with van der Waals surface area (Å²) in [6, 6.07) is 9.90. The van der Waals surface area contributed by atoms with Gasteiger partial charge in [0.25, 0.3) is 0 Å². The van der Waals surface area contributed by atoms with Crippen LogP contribution in [0.1, 0.15) is 24.9 Å². The highest BCUT2D eigenvalue weighted by atomic mass is 16.5. The Bertz CT molecular complexity index is 354. The van der Waals surface area contributed by atoms with Gasteiger partial charge in [-0.25, -0.2) is 4.79 Å². The van der Waals surface area contributed by atoms with E-state index in [1.165, 1.54) is 0 Å². The molecule has 1 aromatic carbocycles. The number of carbonyl (C=O) groups is 1. The van der Waals surface area contributed by atoms with Crippen molar-refractivity contribution in [3.05, 3.63) is 35.9 Å². The molecule has 0 aliphatic rings. The summed E-state index contributed by atoms with van der Waals surface area (Å²) in [4.78, 5) is 13.6. The molecule has 4 heteroatoms. The zero-order valence-corrected chi connectivity index (χ0v) is 11.3. The summed E-state index contributed by atoms with van der Waals surface area (Å²) in [5.41, 5.74) is 1.11. The molecule has 2 amide bonds. The molecule has 1 aromatic rings. The van der Waals surface area contributed by atoms with Gasteiger partial charge in [0.1, 0.15) is 0 Å². The predicted molar refractivity (Wildman–Crippen MR) is 72.5 cm³/mol. The fourth-order valence-electron chi connectivity index (χ4n) is 1.67. The number of benzene rings is 1. The maximum Gasteiger partial charge on any atom is 0.317 e. The molecule has 0 heterocycles. The summed E-state index contributed by atoms with van der Waals surface area (Å²) in [7, 11) is 3.46. The molecule has 0 fully saturated rings. The standard InChI is InChI=1S/C14H22N2O2/c1-12(13-8-5-4-6-9-13)15-14(17)16(2)10-7-11-18-3/h4-6,8-9,12H,7,10-11H2,1-3H3,(H,15,17). The zero-order chi connectivity index (χ0) is 13.4. The highest BCUT2D eigenvalue weighted by Gasteiger charge is 2.12. The third-order valence-electron chi connectivity index (χ3n) is 2.83. The number of methoxy groups -OCH3 is 1. The largest absolute Gasteiger partial charge is 0.385 e. The molecule has 0 aromatic heterocycles. The number of rotatable bonds is 6. The van der Waals surface area contributed by atoms with Crippen molar-refractivity contribution in [2.45, 2.75) is 19.4 Å². The van der Waals surface area contributed by atoms with Gasteiger partial charge in [0.2, 0.25) is 0 Å². The molecule has 0 aliphatic carbocycles. The Morgan fingerprint density at radius 2 is 2.06 bits per heavy atom. The second-order valence-corrected chi connectivity index (χ2v) is 4.35. The summed E-state index contributed by atoms with van der Waals surface area (Å²) in [6.07, 6.45) is 0.847. The van der Waals surface area contributed by atoms with Crippen LogP contribution in [0.4, 0.5) is 4.79 Å². The normalized spacial score (nSPS) is 11.9. The quantitative estimate of drug-likeness (QED) is 0.788. The van der Waals surface area contributed by atoms with Gasteiger partial charge in [-0.3, -0.25) is 0 Å². The van der Waals surface area contributed by atoms with Crippen LogP contribution < -0.4 is 5.32 Å². The molecule has 0 bridgehead atoms. The minimum Gasteiger partial charge on any atom is -0.385 e. The van der Waals surface area contributed by atoms with Crippen LogP contribution in [0.5, 0.6) is 0 Å². The molecule has 1 N–H and O–H groups in total. The minimum atomic E-state index is -0.0533. The van der Waals surface area contributed by atoms with Crippen LogP contribution in [0.15, 0.2) is 30.3 Å². The number of nitrogens with one attached hydrogen (secondary N) is 1. The Labute approximate surface area is 109 Å². The average molecular weight is 250 g/mol. The van der Waals surface area contributed by atoms with Crippen molar-refractivity contribution in [2.24, 2.45) is 0 Å². The van der Waals surface area contributed by atoms with E-state index in [1.807, 2.05) is 37.3 Å². The monoisotopic (exact) mass is 250 g/mol. The molecule has 0 radical (unpaired) electrons. The van der Waals surface area contributed by atoms with Crippen LogP contribution in [0, 0.1) is 0 Å². The first-order valence-corrected chi connectivity index (χ1v) is 6.20. The maximum absolute atomic E-state index is 11.9. The zero-order valence-electron chi connectivity index (χ0n) is 11.3. The average Bonchev–Trinajstić information content (AvgIpc) is 2.39. The molecule has 0 aliphatic heterocycles. The van der Waals surface area contributed by atoms with Crippen molar-refractivity contribution in [3.8, 4) is 0 Å². The van der Waals surface area contributed by atoms with Gasteiger partial charge in [0.15, 0.2) is 0 Å². The van der Waals surface area contributed by atoms with Gasteiger partial charge in [-0.2, -0.15) is 0 Å². The van der Waals surface area contributed by atoms with E-state index in [9.17, 15) is 4.79 Å². The SMILES string of the molecule is COCCCN(C)C(=O)NC(C)c1ccccc1. The van der Waals surface area contributed by atoms with Gasteiger partial charge in [-0.15, -0.1) is 0 Å². The van der Waals surface area contributed by atoms with Crippen LogP contribution in [0.3, 0.4) is 0 Å². The second-order valence-electron chi connectivity index (χ2n) is 4.35. The van der Waals surface area contributed by atoms with E-state index >= 15 is 0 Å². The molecule has 1 unspecified atom stereocenters.